The van der Waals surface area contributed by atoms with Crippen LogP contribution in [0.4, 0.5) is 65.9 Å². The summed E-state index contributed by atoms with van der Waals surface area (Å²) in [6, 6.07) is 0. The third-order valence-electron chi connectivity index (χ3n) is 3.29. The van der Waals surface area contributed by atoms with Crippen LogP contribution in [-0.2, 0) is 0 Å². The van der Waals surface area contributed by atoms with Gasteiger partial charge in [0.1, 0.15) is 0 Å². The second-order valence-corrected chi connectivity index (χ2v) is 5.48. The van der Waals surface area contributed by atoms with Crippen LogP contribution in [0.5, 0.6) is 0 Å². The minimum atomic E-state index is -8.28. The molecule has 27 heavy (non-hydrogen) atoms. The smallest absolute Gasteiger partial charge is 0.393 e. The number of hydrogen-bond donors (Lipinski definition) is 1. The number of hydrogen-bond acceptors (Lipinski definition) is 1. The Kier molecular flexibility index (Phi) is 6.48. The predicted octanol–water partition coefficient (Wildman–Crippen LogP) is 5.17. The molecule has 16 heteroatoms. The minimum Gasteiger partial charge on any atom is -0.393 e. The van der Waals surface area contributed by atoms with Crippen molar-refractivity contribution in [3.8, 4) is 0 Å². The van der Waals surface area contributed by atoms with Crippen LogP contribution in [-0.4, -0.2) is 59.3 Å². The zero-order valence-electron chi connectivity index (χ0n) is 12.6. The van der Waals surface area contributed by atoms with Gasteiger partial charge in [-0.1, -0.05) is 0 Å². The van der Waals surface area contributed by atoms with Gasteiger partial charge in [0.15, 0.2) is 6.67 Å². The Hall–Kier alpha value is -1.09. The van der Waals surface area contributed by atoms with Crippen LogP contribution in [0, 0.1) is 0 Å². The molecule has 0 spiro atoms. The number of aliphatic hydroxyl groups excluding tert-OH is 1. The maximum absolute atomic E-state index is 13.6. The van der Waals surface area contributed by atoms with Crippen molar-refractivity contribution in [3.63, 3.8) is 0 Å². The predicted molar refractivity (Wildman–Crippen MR) is 56.9 cm³/mol. The molecule has 0 radical (unpaired) electrons. The van der Waals surface area contributed by atoms with E-state index in [0.717, 1.165) is 0 Å². The quantitative estimate of drug-likeness (QED) is 0.515. The van der Waals surface area contributed by atoms with Crippen LogP contribution < -0.4 is 0 Å². The summed E-state index contributed by atoms with van der Waals surface area (Å²) in [7, 11) is 0. The Morgan fingerprint density at radius 1 is 0.630 bits per heavy atom. The lowest BCUT2D eigenvalue weighted by Crippen LogP contribution is -2.76. The fraction of sp³-hybridized carbons (Fsp3) is 1.00. The van der Waals surface area contributed by atoms with E-state index in [0.29, 0.717) is 0 Å². The highest BCUT2D eigenvalue weighted by molar-refractivity contribution is 5.18. The largest absolute Gasteiger partial charge is 0.435 e. The van der Waals surface area contributed by atoms with E-state index in [1.54, 1.807) is 0 Å². The summed E-state index contributed by atoms with van der Waals surface area (Å²) in [5, 5.41) is 8.51. The summed E-state index contributed by atoms with van der Waals surface area (Å²) in [5.41, 5.74) is -7.99. The maximum Gasteiger partial charge on any atom is 0.435 e. The van der Waals surface area contributed by atoms with Gasteiger partial charge in [0.2, 0.25) is 0 Å². The molecule has 0 bridgehead atoms. The van der Waals surface area contributed by atoms with Gasteiger partial charge in [0.05, 0.1) is 6.10 Å². The first-order valence-electron chi connectivity index (χ1n) is 6.36. The standard InChI is InChI=1S/C11H9F15O/c1-4(27)2-5(13,14)8(18,19)10(22,23)9(20,21)7(17,11(24,25)26)6(15,16)3-12/h4,27H,2-3H2,1H3. The van der Waals surface area contributed by atoms with Crippen molar-refractivity contribution in [2.24, 2.45) is 0 Å². The van der Waals surface area contributed by atoms with Crippen molar-refractivity contribution in [2.45, 2.75) is 60.9 Å². The van der Waals surface area contributed by atoms with Crippen molar-refractivity contribution < 1.29 is 71.0 Å². The summed E-state index contributed by atoms with van der Waals surface area (Å²) in [6.45, 7) is -3.75. The van der Waals surface area contributed by atoms with Gasteiger partial charge >= 0.3 is 41.5 Å². The van der Waals surface area contributed by atoms with E-state index in [4.69, 9.17) is 5.11 Å². The van der Waals surface area contributed by atoms with E-state index >= 15 is 0 Å². The van der Waals surface area contributed by atoms with Crippen molar-refractivity contribution in [3.05, 3.63) is 0 Å². The lowest BCUT2D eigenvalue weighted by atomic mass is 9.81. The molecular formula is C11H9F15O. The first kappa shape index (κ1) is 25.9. The van der Waals surface area contributed by atoms with Gasteiger partial charge in [-0.3, -0.25) is 0 Å². The molecule has 164 valence electrons. The van der Waals surface area contributed by atoms with E-state index in [1.807, 2.05) is 0 Å². The summed E-state index contributed by atoms with van der Waals surface area (Å²) < 4.78 is 195. The Morgan fingerprint density at radius 3 is 1.26 bits per heavy atom. The average molecular weight is 442 g/mol. The first-order valence-corrected chi connectivity index (χ1v) is 6.36. The monoisotopic (exact) mass is 442 g/mol. The van der Waals surface area contributed by atoms with Crippen molar-refractivity contribution in [1.29, 1.82) is 0 Å². The molecule has 0 fully saturated rings. The molecule has 0 heterocycles. The van der Waals surface area contributed by atoms with E-state index in [1.165, 1.54) is 0 Å². The second-order valence-electron chi connectivity index (χ2n) is 5.48. The molecule has 2 atom stereocenters. The zero-order valence-corrected chi connectivity index (χ0v) is 12.6. The minimum absolute atomic E-state index is 0.257. The van der Waals surface area contributed by atoms with Gasteiger partial charge in [0.25, 0.3) is 0 Å². The number of halogens is 15. The fourth-order valence-electron chi connectivity index (χ4n) is 1.85. The summed E-state index contributed by atoms with van der Waals surface area (Å²) in [5.74, 6) is -37.4. The van der Waals surface area contributed by atoms with Crippen LogP contribution >= 0.6 is 0 Å². The highest BCUT2D eigenvalue weighted by Gasteiger charge is 2.94. The Bertz CT molecular complexity index is 522. The van der Waals surface area contributed by atoms with Crippen molar-refractivity contribution in [2.75, 3.05) is 6.67 Å². The van der Waals surface area contributed by atoms with E-state index in [-0.39, 0.29) is 6.92 Å². The fourth-order valence-corrected chi connectivity index (χ4v) is 1.85. The van der Waals surface area contributed by atoms with Gasteiger partial charge in [-0.2, -0.15) is 57.1 Å². The van der Waals surface area contributed by atoms with E-state index in [2.05, 4.69) is 0 Å². The molecule has 1 N–H and O–H groups in total. The Labute approximate surface area is 140 Å². The van der Waals surface area contributed by atoms with Crippen LogP contribution in [0.1, 0.15) is 13.3 Å². The van der Waals surface area contributed by atoms with Crippen molar-refractivity contribution >= 4 is 0 Å². The molecule has 1 nitrogen and oxygen atoms in total. The SMILES string of the molecule is CC(O)CC(F)(F)C(F)(F)C(F)(F)C(F)(F)C(F)(C(F)(F)F)C(F)(F)CF. The van der Waals surface area contributed by atoms with Gasteiger partial charge in [-0.05, 0) is 6.92 Å². The molecule has 2 unspecified atom stereocenters. The third kappa shape index (κ3) is 3.52. The molecule has 0 aliphatic carbocycles. The first-order chi connectivity index (χ1) is 11.5. The molecule has 0 amide bonds. The molecule has 0 saturated carbocycles. The van der Waals surface area contributed by atoms with Crippen LogP contribution in [0.2, 0.25) is 0 Å². The Balaban J connectivity index is 6.75. The highest BCUT2D eigenvalue weighted by atomic mass is 19.4. The molecule has 0 aliphatic rings. The summed E-state index contributed by atoms with van der Waals surface area (Å²) >= 11 is 0. The molecule has 0 rings (SSSR count). The molecule has 0 aliphatic heterocycles. The van der Waals surface area contributed by atoms with Crippen molar-refractivity contribution in [1.82, 2.24) is 0 Å². The van der Waals surface area contributed by atoms with Crippen LogP contribution in [0.25, 0.3) is 0 Å². The topological polar surface area (TPSA) is 20.2 Å². The lowest BCUT2D eigenvalue weighted by Gasteiger charge is -2.44. The van der Waals surface area contributed by atoms with Gasteiger partial charge in [0, 0.05) is 6.42 Å². The summed E-state index contributed by atoms with van der Waals surface area (Å²) in [6.07, 6.45) is -13.2. The molecule has 0 aromatic carbocycles. The van der Waals surface area contributed by atoms with Gasteiger partial charge in [-0.25, -0.2) is 8.78 Å². The molecule has 0 saturated heterocycles. The molecule has 0 aromatic rings. The Morgan fingerprint density at radius 2 is 1.00 bits per heavy atom. The molecule has 0 aromatic heterocycles. The third-order valence-corrected chi connectivity index (χ3v) is 3.29. The normalized spacial score (nSPS) is 19.0. The van der Waals surface area contributed by atoms with Crippen LogP contribution in [0.15, 0.2) is 0 Å². The maximum atomic E-state index is 13.6. The van der Waals surface area contributed by atoms with E-state index < -0.39 is 60.7 Å². The average Bonchev–Trinajstić information content (AvgIpc) is 2.42. The number of aliphatic hydroxyl groups is 1. The van der Waals surface area contributed by atoms with Gasteiger partial charge < -0.3 is 5.11 Å². The molecular weight excluding hydrogens is 433 g/mol. The number of rotatable bonds is 8. The zero-order chi connectivity index (χ0) is 22.5. The van der Waals surface area contributed by atoms with Crippen LogP contribution in [0.3, 0.4) is 0 Å². The van der Waals surface area contributed by atoms with Gasteiger partial charge in [-0.15, -0.1) is 0 Å². The second kappa shape index (κ2) is 6.76. The lowest BCUT2D eigenvalue weighted by molar-refractivity contribution is -0.443. The van der Waals surface area contributed by atoms with E-state index in [9.17, 15) is 65.9 Å². The number of alkyl halides is 15. The summed E-state index contributed by atoms with van der Waals surface area (Å²) in [4.78, 5) is 0. The highest BCUT2D eigenvalue weighted by Crippen LogP contribution is 2.63.